The maximum atomic E-state index is 13.5. The Labute approximate surface area is 170 Å². The molecule has 6 nitrogen and oxygen atoms in total. The monoisotopic (exact) mass is 394 g/mol. The van der Waals surface area contributed by atoms with E-state index in [1.165, 1.54) is 25.2 Å². The molecule has 1 aromatic rings. The average Bonchev–Trinajstić information content (AvgIpc) is 3.29. The molecule has 0 N–H and O–H groups in total. The molecule has 2 bridgehead atoms. The van der Waals surface area contributed by atoms with Crippen molar-refractivity contribution in [3.63, 3.8) is 0 Å². The third kappa shape index (κ3) is 2.13. The molecule has 1 aromatic carbocycles. The van der Waals surface area contributed by atoms with Gasteiger partial charge in [-0.15, -0.1) is 0 Å². The fourth-order valence-electron chi connectivity index (χ4n) is 6.53. The van der Waals surface area contributed by atoms with Gasteiger partial charge >= 0.3 is 11.9 Å². The average molecular weight is 394 g/mol. The predicted molar refractivity (Wildman–Crippen MR) is 108 cm³/mol. The van der Waals surface area contributed by atoms with E-state index in [4.69, 9.17) is 14.5 Å². The summed E-state index contributed by atoms with van der Waals surface area (Å²) in [5.41, 5.74) is 2.73. The van der Waals surface area contributed by atoms with Crippen LogP contribution < -0.4 is 0 Å². The van der Waals surface area contributed by atoms with Crippen LogP contribution in [0.1, 0.15) is 32.3 Å². The number of hydrogen-bond donors (Lipinski definition) is 0. The highest BCUT2D eigenvalue weighted by molar-refractivity contribution is 6.18. The molecule has 0 radical (unpaired) electrons. The van der Waals surface area contributed by atoms with Crippen molar-refractivity contribution in [2.75, 3.05) is 26.8 Å². The Balaban J connectivity index is 1.82. The highest BCUT2D eigenvalue weighted by Gasteiger charge is 2.72. The summed E-state index contributed by atoms with van der Waals surface area (Å²) in [6, 6.07) is 8.39. The molecule has 1 saturated carbocycles. The van der Waals surface area contributed by atoms with Gasteiger partial charge in [-0.1, -0.05) is 29.8 Å². The predicted octanol–water partition coefficient (Wildman–Crippen LogP) is 2.79. The lowest BCUT2D eigenvalue weighted by atomic mass is 9.49. The Kier molecular flexibility index (Phi) is 4.01. The number of nitrogens with zero attached hydrogens (tertiary/aromatic N) is 2. The summed E-state index contributed by atoms with van der Waals surface area (Å²) in [5.74, 6) is -0.834. The van der Waals surface area contributed by atoms with Crippen molar-refractivity contribution in [2.45, 2.75) is 38.1 Å². The number of aliphatic imine (C=N–C) groups is 1. The van der Waals surface area contributed by atoms with Crippen LogP contribution in [0.25, 0.3) is 0 Å². The van der Waals surface area contributed by atoms with Gasteiger partial charge in [-0.3, -0.25) is 19.5 Å². The molecule has 3 heterocycles. The zero-order valence-electron chi connectivity index (χ0n) is 17.1. The third-order valence-electron chi connectivity index (χ3n) is 7.49. The summed E-state index contributed by atoms with van der Waals surface area (Å²) < 4.78 is 10.9. The maximum Gasteiger partial charge on any atom is 0.321 e. The van der Waals surface area contributed by atoms with Gasteiger partial charge in [0.1, 0.15) is 12.0 Å². The lowest BCUT2D eigenvalue weighted by molar-refractivity contribution is -0.160. The highest BCUT2D eigenvalue weighted by atomic mass is 16.5. The second-order valence-corrected chi connectivity index (χ2v) is 8.51. The van der Waals surface area contributed by atoms with Crippen LogP contribution in [0.2, 0.25) is 0 Å². The summed E-state index contributed by atoms with van der Waals surface area (Å²) in [7, 11) is 1.42. The molecule has 2 saturated heterocycles. The van der Waals surface area contributed by atoms with Crippen LogP contribution in [0.15, 0.2) is 40.9 Å². The van der Waals surface area contributed by atoms with E-state index in [1.54, 1.807) is 0 Å². The number of methoxy groups -OCH3 is 1. The first-order valence-electron chi connectivity index (χ1n) is 10.3. The zero-order valence-corrected chi connectivity index (χ0v) is 17.1. The molecule has 3 aliphatic heterocycles. The van der Waals surface area contributed by atoms with Crippen molar-refractivity contribution >= 4 is 23.3 Å². The van der Waals surface area contributed by atoms with Gasteiger partial charge in [0.2, 0.25) is 0 Å². The van der Waals surface area contributed by atoms with Crippen LogP contribution in [0.4, 0.5) is 5.69 Å². The van der Waals surface area contributed by atoms with E-state index in [2.05, 4.69) is 24.0 Å². The number of esters is 2. The number of ether oxygens (including phenoxy) is 2. The molecular formula is C23H26N2O4. The van der Waals surface area contributed by atoms with E-state index in [-0.39, 0.29) is 30.0 Å². The number of para-hydroxylation sites is 1. The molecule has 1 aliphatic carbocycles. The standard InChI is InChI=1S/C23H26N2O4/c1-4-15-16-9-11-25-12-10-22(19(15)25)17-7-5-6-8-18(17)24-20(22)23(16,21(27)28-3)13-29-14(2)26/h4-8,16,19H,9-13H2,1-3H3/b15-4+/t16-,19?,22-,23-/m0/s1. The Morgan fingerprint density at radius 2 is 2.10 bits per heavy atom. The van der Waals surface area contributed by atoms with Crippen LogP contribution in [-0.2, 0) is 24.5 Å². The van der Waals surface area contributed by atoms with E-state index < -0.39 is 11.4 Å². The summed E-state index contributed by atoms with van der Waals surface area (Å²) in [4.78, 5) is 32.9. The number of benzene rings is 1. The molecule has 4 atom stereocenters. The SMILES string of the molecule is C/C=C1/C2N3CC[C@@H]1[C@](COC(C)=O)(C(=O)OC)C1=Nc4ccccc4[C@]12CC3. The van der Waals surface area contributed by atoms with Crippen molar-refractivity contribution in [3.8, 4) is 0 Å². The largest absolute Gasteiger partial charge is 0.468 e. The van der Waals surface area contributed by atoms with Crippen molar-refractivity contribution in [2.24, 2.45) is 16.3 Å². The topological polar surface area (TPSA) is 68.2 Å². The van der Waals surface area contributed by atoms with Gasteiger partial charge in [0, 0.05) is 25.4 Å². The molecule has 0 aromatic heterocycles. The van der Waals surface area contributed by atoms with Crippen molar-refractivity contribution in [3.05, 3.63) is 41.5 Å². The molecule has 6 heteroatoms. The van der Waals surface area contributed by atoms with Gasteiger partial charge in [0.15, 0.2) is 0 Å². The van der Waals surface area contributed by atoms with Gasteiger partial charge in [-0.05, 0) is 37.9 Å². The lowest BCUT2D eigenvalue weighted by Gasteiger charge is -2.56. The van der Waals surface area contributed by atoms with Crippen LogP contribution in [0, 0.1) is 11.3 Å². The van der Waals surface area contributed by atoms with Crippen molar-refractivity contribution in [1.29, 1.82) is 0 Å². The van der Waals surface area contributed by atoms with Gasteiger partial charge < -0.3 is 9.47 Å². The fraction of sp³-hybridized carbons (Fsp3) is 0.522. The molecule has 1 spiro atoms. The molecule has 4 aliphatic rings. The number of carbonyl (C=O) groups is 2. The van der Waals surface area contributed by atoms with Gasteiger partial charge in [-0.2, -0.15) is 0 Å². The van der Waals surface area contributed by atoms with Crippen LogP contribution in [0.5, 0.6) is 0 Å². The van der Waals surface area contributed by atoms with E-state index in [0.29, 0.717) is 0 Å². The summed E-state index contributed by atoms with van der Waals surface area (Å²) in [6.07, 6.45) is 3.88. The first-order valence-corrected chi connectivity index (χ1v) is 10.3. The number of allylic oxidation sites excluding steroid dienone is 1. The Morgan fingerprint density at radius 3 is 2.83 bits per heavy atom. The number of fused-ring (bicyclic) bond motifs is 2. The first kappa shape index (κ1) is 18.6. The quantitative estimate of drug-likeness (QED) is 0.583. The van der Waals surface area contributed by atoms with Crippen LogP contribution >= 0.6 is 0 Å². The minimum Gasteiger partial charge on any atom is -0.468 e. The molecule has 1 unspecified atom stereocenters. The van der Waals surface area contributed by atoms with E-state index in [0.717, 1.165) is 37.3 Å². The van der Waals surface area contributed by atoms with Crippen LogP contribution in [-0.4, -0.2) is 55.4 Å². The summed E-state index contributed by atoms with van der Waals surface area (Å²) in [5, 5.41) is 0. The van der Waals surface area contributed by atoms with E-state index in [9.17, 15) is 9.59 Å². The van der Waals surface area contributed by atoms with E-state index in [1.807, 2.05) is 18.2 Å². The Bertz CT molecular complexity index is 967. The highest BCUT2D eigenvalue weighted by Crippen LogP contribution is 2.64. The molecule has 0 amide bonds. The van der Waals surface area contributed by atoms with Crippen molar-refractivity contribution < 1.29 is 19.1 Å². The second kappa shape index (κ2) is 6.26. The van der Waals surface area contributed by atoms with Crippen molar-refractivity contribution in [1.82, 2.24) is 4.90 Å². The number of rotatable bonds is 3. The minimum absolute atomic E-state index is 0.0295. The molecular weight excluding hydrogens is 368 g/mol. The number of hydrogen-bond acceptors (Lipinski definition) is 6. The third-order valence-corrected chi connectivity index (χ3v) is 7.49. The van der Waals surface area contributed by atoms with Gasteiger partial charge in [-0.25, -0.2) is 0 Å². The summed E-state index contributed by atoms with van der Waals surface area (Å²) >= 11 is 0. The van der Waals surface area contributed by atoms with E-state index >= 15 is 0 Å². The minimum atomic E-state index is -1.09. The first-order chi connectivity index (χ1) is 14.0. The number of piperidine rings is 1. The Hall–Kier alpha value is -2.47. The molecule has 29 heavy (non-hydrogen) atoms. The molecule has 3 fully saturated rings. The van der Waals surface area contributed by atoms with Gasteiger partial charge in [0.25, 0.3) is 0 Å². The lowest BCUT2D eigenvalue weighted by Crippen LogP contribution is -2.68. The normalized spacial score (nSPS) is 35.7. The maximum absolute atomic E-state index is 13.5. The smallest absolute Gasteiger partial charge is 0.321 e. The van der Waals surface area contributed by atoms with Crippen LogP contribution in [0.3, 0.4) is 0 Å². The number of carbonyl (C=O) groups excluding carboxylic acids is 2. The van der Waals surface area contributed by atoms with Gasteiger partial charge in [0.05, 0.1) is 23.9 Å². The zero-order chi connectivity index (χ0) is 20.4. The molecule has 5 rings (SSSR count). The summed E-state index contributed by atoms with van der Waals surface area (Å²) in [6.45, 7) is 5.29. The fourth-order valence-corrected chi connectivity index (χ4v) is 6.53. The molecule has 152 valence electrons. The Morgan fingerprint density at radius 1 is 1.31 bits per heavy atom. The second-order valence-electron chi connectivity index (χ2n) is 8.51.